The van der Waals surface area contributed by atoms with Crippen LogP contribution in [0.1, 0.15) is 35.3 Å². The third-order valence-electron chi connectivity index (χ3n) is 2.77. The summed E-state index contributed by atoms with van der Waals surface area (Å²) in [5.74, 6) is 0.723. The lowest BCUT2D eigenvalue weighted by Gasteiger charge is -2.11. The first-order valence-corrected chi connectivity index (χ1v) is 7.33. The lowest BCUT2D eigenvalue weighted by molar-refractivity contribution is 0.103. The Bertz CT molecular complexity index is 612. The van der Waals surface area contributed by atoms with Gasteiger partial charge in [0.2, 0.25) is 0 Å². The number of carbonyl (C=O) groups excluding carboxylic acids is 1. The Balaban J connectivity index is 2.33. The molecule has 0 radical (unpaired) electrons. The van der Waals surface area contributed by atoms with Crippen LogP contribution in [0.25, 0.3) is 0 Å². The number of ether oxygens (including phenoxy) is 1. The van der Waals surface area contributed by atoms with Gasteiger partial charge in [0.25, 0.3) is 0 Å². The first kappa shape index (κ1) is 14.8. The first-order chi connectivity index (χ1) is 9.45. The van der Waals surface area contributed by atoms with E-state index in [9.17, 15) is 4.79 Å². The second kappa shape index (κ2) is 6.23. The molecule has 2 rings (SSSR count). The van der Waals surface area contributed by atoms with E-state index < -0.39 is 0 Å². The summed E-state index contributed by atoms with van der Waals surface area (Å²) in [6.07, 6.45) is 0.0912. The Hall–Kier alpha value is -1.61. The van der Waals surface area contributed by atoms with Crippen molar-refractivity contribution >= 4 is 21.7 Å². The molecule has 0 aliphatic carbocycles. The lowest BCUT2D eigenvalue weighted by atomic mass is 10.0. The minimum absolute atomic E-state index is 0.00334. The minimum atomic E-state index is 0.00334. The predicted molar refractivity (Wildman–Crippen MR) is 84.5 cm³/mol. The van der Waals surface area contributed by atoms with Gasteiger partial charge in [-0.3, -0.25) is 4.79 Å². The topological polar surface area (TPSA) is 26.3 Å². The van der Waals surface area contributed by atoms with Gasteiger partial charge in [0.05, 0.1) is 6.10 Å². The van der Waals surface area contributed by atoms with Crippen LogP contribution in [0.2, 0.25) is 0 Å². The number of aryl methyl sites for hydroxylation is 1. The standard InChI is InChI=1S/C17H17BrO2/c1-11(2)20-16-6-4-5-13(10-16)17(19)14-7-12(3)8-15(18)9-14/h4-11H,1-3H3. The zero-order valence-corrected chi connectivity index (χ0v) is 13.4. The van der Waals surface area contributed by atoms with Gasteiger partial charge in [0.1, 0.15) is 5.75 Å². The monoisotopic (exact) mass is 332 g/mol. The maximum atomic E-state index is 12.5. The van der Waals surface area contributed by atoms with Crippen LogP contribution in [-0.4, -0.2) is 11.9 Å². The number of benzene rings is 2. The van der Waals surface area contributed by atoms with Crippen LogP contribution in [0.3, 0.4) is 0 Å². The summed E-state index contributed by atoms with van der Waals surface area (Å²) in [5.41, 5.74) is 2.37. The van der Waals surface area contributed by atoms with E-state index >= 15 is 0 Å². The highest BCUT2D eigenvalue weighted by Gasteiger charge is 2.11. The van der Waals surface area contributed by atoms with E-state index in [0.717, 1.165) is 15.8 Å². The lowest BCUT2D eigenvalue weighted by Crippen LogP contribution is -2.07. The molecule has 2 aromatic rings. The smallest absolute Gasteiger partial charge is 0.193 e. The zero-order chi connectivity index (χ0) is 14.7. The molecule has 0 amide bonds. The molecule has 0 saturated carbocycles. The van der Waals surface area contributed by atoms with Crippen molar-refractivity contribution in [3.63, 3.8) is 0 Å². The second-order valence-electron chi connectivity index (χ2n) is 5.04. The van der Waals surface area contributed by atoms with Crippen molar-refractivity contribution < 1.29 is 9.53 Å². The summed E-state index contributed by atoms with van der Waals surface area (Å²) in [5, 5.41) is 0. The van der Waals surface area contributed by atoms with Crippen LogP contribution in [0.15, 0.2) is 46.9 Å². The number of hydrogen-bond acceptors (Lipinski definition) is 2. The third kappa shape index (κ3) is 3.70. The Morgan fingerprint density at radius 3 is 2.50 bits per heavy atom. The molecule has 0 atom stereocenters. The summed E-state index contributed by atoms with van der Waals surface area (Å²) in [6, 6.07) is 13.0. The molecule has 3 heteroatoms. The fraction of sp³-hybridized carbons (Fsp3) is 0.235. The van der Waals surface area contributed by atoms with Gasteiger partial charge in [-0.15, -0.1) is 0 Å². The fourth-order valence-corrected chi connectivity index (χ4v) is 2.62. The molecule has 104 valence electrons. The van der Waals surface area contributed by atoms with Gasteiger partial charge in [-0.1, -0.05) is 28.1 Å². The van der Waals surface area contributed by atoms with E-state index in [1.165, 1.54) is 0 Å². The van der Waals surface area contributed by atoms with E-state index in [4.69, 9.17) is 4.74 Å². The molecule has 0 aliphatic heterocycles. The summed E-state index contributed by atoms with van der Waals surface area (Å²) in [4.78, 5) is 12.5. The summed E-state index contributed by atoms with van der Waals surface area (Å²) >= 11 is 3.42. The Morgan fingerprint density at radius 1 is 1.10 bits per heavy atom. The Kier molecular flexibility index (Phi) is 4.61. The van der Waals surface area contributed by atoms with Crippen molar-refractivity contribution in [3.8, 4) is 5.75 Å². The molecule has 0 heterocycles. The quantitative estimate of drug-likeness (QED) is 0.753. The highest BCUT2D eigenvalue weighted by Crippen LogP contribution is 2.21. The summed E-state index contributed by atoms with van der Waals surface area (Å²) in [6.45, 7) is 5.90. The molecular weight excluding hydrogens is 316 g/mol. The molecule has 20 heavy (non-hydrogen) atoms. The van der Waals surface area contributed by atoms with Crippen molar-refractivity contribution in [1.82, 2.24) is 0 Å². The van der Waals surface area contributed by atoms with Gasteiger partial charge in [-0.2, -0.15) is 0 Å². The van der Waals surface area contributed by atoms with E-state index in [1.807, 2.05) is 57.2 Å². The average Bonchev–Trinajstić information content (AvgIpc) is 2.36. The molecule has 0 bridgehead atoms. The van der Waals surface area contributed by atoms with Crippen LogP contribution < -0.4 is 4.74 Å². The van der Waals surface area contributed by atoms with Crippen LogP contribution in [0.5, 0.6) is 5.75 Å². The SMILES string of the molecule is Cc1cc(Br)cc(C(=O)c2cccc(OC(C)C)c2)c1. The highest BCUT2D eigenvalue weighted by atomic mass is 79.9. The molecule has 0 spiro atoms. The fourth-order valence-electron chi connectivity index (χ4n) is 2.02. The van der Waals surface area contributed by atoms with Gasteiger partial charge in [-0.25, -0.2) is 0 Å². The number of ketones is 1. The Labute approximate surface area is 127 Å². The van der Waals surface area contributed by atoms with Crippen LogP contribution in [0.4, 0.5) is 0 Å². The van der Waals surface area contributed by atoms with Crippen LogP contribution in [-0.2, 0) is 0 Å². The van der Waals surface area contributed by atoms with Gasteiger partial charge >= 0.3 is 0 Å². The van der Waals surface area contributed by atoms with Gasteiger partial charge in [0, 0.05) is 15.6 Å². The molecule has 0 N–H and O–H groups in total. The molecule has 0 unspecified atom stereocenters. The first-order valence-electron chi connectivity index (χ1n) is 6.54. The van der Waals surface area contributed by atoms with Crippen molar-refractivity contribution in [2.24, 2.45) is 0 Å². The van der Waals surface area contributed by atoms with Gasteiger partial charge in [-0.05, 0) is 56.7 Å². The minimum Gasteiger partial charge on any atom is -0.491 e. The number of rotatable bonds is 4. The van der Waals surface area contributed by atoms with E-state index in [2.05, 4.69) is 15.9 Å². The molecule has 0 aromatic heterocycles. The van der Waals surface area contributed by atoms with E-state index in [0.29, 0.717) is 11.1 Å². The van der Waals surface area contributed by atoms with Crippen molar-refractivity contribution in [2.45, 2.75) is 26.9 Å². The summed E-state index contributed by atoms with van der Waals surface area (Å²) < 4.78 is 6.54. The highest BCUT2D eigenvalue weighted by molar-refractivity contribution is 9.10. The summed E-state index contributed by atoms with van der Waals surface area (Å²) in [7, 11) is 0. The molecule has 2 nitrogen and oxygen atoms in total. The van der Waals surface area contributed by atoms with Crippen molar-refractivity contribution in [1.29, 1.82) is 0 Å². The number of carbonyl (C=O) groups is 1. The molecular formula is C17H17BrO2. The average molecular weight is 333 g/mol. The third-order valence-corrected chi connectivity index (χ3v) is 3.23. The number of hydrogen-bond donors (Lipinski definition) is 0. The van der Waals surface area contributed by atoms with E-state index in [-0.39, 0.29) is 11.9 Å². The maximum absolute atomic E-state index is 12.5. The van der Waals surface area contributed by atoms with Gasteiger partial charge in [0.15, 0.2) is 5.78 Å². The predicted octanol–water partition coefficient (Wildman–Crippen LogP) is 4.78. The molecule has 2 aromatic carbocycles. The van der Waals surface area contributed by atoms with Crippen LogP contribution >= 0.6 is 15.9 Å². The maximum Gasteiger partial charge on any atom is 0.193 e. The second-order valence-corrected chi connectivity index (χ2v) is 5.96. The largest absolute Gasteiger partial charge is 0.491 e. The molecule has 0 fully saturated rings. The molecule has 0 saturated heterocycles. The zero-order valence-electron chi connectivity index (χ0n) is 11.8. The van der Waals surface area contributed by atoms with Crippen LogP contribution in [0, 0.1) is 6.92 Å². The van der Waals surface area contributed by atoms with Crippen molar-refractivity contribution in [2.75, 3.05) is 0 Å². The van der Waals surface area contributed by atoms with Gasteiger partial charge < -0.3 is 4.74 Å². The Morgan fingerprint density at radius 2 is 1.85 bits per heavy atom. The number of halogens is 1. The normalized spacial score (nSPS) is 10.7. The molecule has 0 aliphatic rings. The van der Waals surface area contributed by atoms with E-state index in [1.54, 1.807) is 6.07 Å². The van der Waals surface area contributed by atoms with Crippen molar-refractivity contribution in [3.05, 3.63) is 63.6 Å².